The minimum atomic E-state index is -0.337. The average Bonchev–Trinajstić information content (AvgIpc) is 3.14. The number of rotatable bonds is 3. The van der Waals surface area contributed by atoms with Gasteiger partial charge in [-0.25, -0.2) is 0 Å². The summed E-state index contributed by atoms with van der Waals surface area (Å²) in [5, 5.41) is 0. The second-order valence-electron chi connectivity index (χ2n) is 6.13. The molecule has 2 heterocycles. The van der Waals surface area contributed by atoms with Crippen molar-refractivity contribution in [1.29, 1.82) is 0 Å². The molecular weight excluding hydrogens is 384 g/mol. The molecule has 25 heavy (non-hydrogen) atoms. The zero-order valence-electron chi connectivity index (χ0n) is 13.4. The lowest BCUT2D eigenvalue weighted by atomic mass is 10.1. The maximum Gasteiger partial charge on any atom is 0.261 e. The van der Waals surface area contributed by atoms with E-state index >= 15 is 0 Å². The summed E-state index contributed by atoms with van der Waals surface area (Å²) in [5.74, 6) is -0.735. The second kappa shape index (κ2) is 6.11. The number of carbonyl (C=O) groups is 3. The van der Waals surface area contributed by atoms with Gasteiger partial charge < -0.3 is 4.90 Å². The Balaban J connectivity index is 1.47. The van der Waals surface area contributed by atoms with Crippen LogP contribution in [0.1, 0.15) is 32.7 Å². The zero-order chi connectivity index (χ0) is 17.6. The van der Waals surface area contributed by atoms with Gasteiger partial charge in [0, 0.05) is 29.7 Å². The number of amides is 3. The van der Waals surface area contributed by atoms with Crippen LogP contribution in [0, 0.1) is 0 Å². The normalized spacial score (nSPS) is 15.6. The Morgan fingerprint density at radius 1 is 1.04 bits per heavy atom. The Morgan fingerprint density at radius 3 is 2.64 bits per heavy atom. The van der Waals surface area contributed by atoms with E-state index < -0.39 is 0 Å². The van der Waals surface area contributed by atoms with E-state index in [1.54, 1.807) is 23.1 Å². The lowest BCUT2D eigenvalue weighted by Gasteiger charge is -2.19. The number of imide groups is 1. The zero-order valence-corrected chi connectivity index (χ0v) is 15.0. The van der Waals surface area contributed by atoms with Crippen molar-refractivity contribution in [2.75, 3.05) is 18.0 Å². The van der Waals surface area contributed by atoms with E-state index in [1.807, 2.05) is 24.3 Å². The minimum absolute atomic E-state index is 0.0670. The number of benzene rings is 2. The quantitative estimate of drug-likeness (QED) is 0.746. The Bertz CT molecular complexity index is 909. The van der Waals surface area contributed by atoms with Crippen LogP contribution in [0.4, 0.5) is 5.69 Å². The van der Waals surface area contributed by atoms with Crippen molar-refractivity contribution in [3.8, 4) is 0 Å². The number of hydrogen-bond donors (Lipinski definition) is 0. The van der Waals surface area contributed by atoms with Crippen molar-refractivity contribution in [2.24, 2.45) is 0 Å². The number of carbonyl (C=O) groups excluding carboxylic acids is 3. The van der Waals surface area contributed by atoms with E-state index in [4.69, 9.17) is 0 Å². The van der Waals surface area contributed by atoms with Crippen LogP contribution in [-0.4, -0.2) is 35.7 Å². The fraction of sp³-hybridized carbons (Fsp3) is 0.211. The molecule has 0 spiro atoms. The Hall–Kier alpha value is -2.47. The molecule has 5 nitrogen and oxygen atoms in total. The summed E-state index contributed by atoms with van der Waals surface area (Å²) in [6, 6.07) is 12.8. The van der Waals surface area contributed by atoms with E-state index in [1.165, 1.54) is 0 Å². The Kier molecular flexibility index (Phi) is 3.92. The summed E-state index contributed by atoms with van der Waals surface area (Å²) in [7, 11) is 0. The molecule has 0 radical (unpaired) electrons. The number of nitrogens with zero attached hydrogens (tertiary/aromatic N) is 2. The van der Waals surface area contributed by atoms with E-state index in [0.717, 1.165) is 27.0 Å². The van der Waals surface area contributed by atoms with Crippen molar-refractivity contribution >= 4 is 39.3 Å². The standard InChI is InChI=1S/C19H15BrN2O3/c20-13-5-6-14-15(11-13)19(25)22(18(14)24)10-8-17(23)21-9-7-12-3-1-2-4-16(12)21/h1-6,11H,7-10H2. The molecule has 0 N–H and O–H groups in total. The third-order valence-corrected chi connectivity index (χ3v) is 5.16. The SMILES string of the molecule is O=C1c2ccc(Br)cc2C(=O)N1CCC(=O)N1CCc2ccccc21. The fourth-order valence-corrected chi connectivity index (χ4v) is 3.77. The smallest absolute Gasteiger partial charge is 0.261 e. The van der Waals surface area contributed by atoms with E-state index in [9.17, 15) is 14.4 Å². The first-order valence-electron chi connectivity index (χ1n) is 8.10. The van der Waals surface area contributed by atoms with Crippen molar-refractivity contribution in [3.63, 3.8) is 0 Å². The highest BCUT2D eigenvalue weighted by Gasteiger charge is 2.36. The van der Waals surface area contributed by atoms with Gasteiger partial charge in [-0.05, 0) is 36.2 Å². The maximum absolute atomic E-state index is 12.6. The van der Waals surface area contributed by atoms with E-state index in [0.29, 0.717) is 17.7 Å². The molecule has 0 bridgehead atoms. The van der Waals surface area contributed by atoms with Gasteiger partial charge in [-0.15, -0.1) is 0 Å². The highest BCUT2D eigenvalue weighted by atomic mass is 79.9. The van der Waals surface area contributed by atoms with Crippen LogP contribution in [0.15, 0.2) is 46.9 Å². The highest BCUT2D eigenvalue weighted by Crippen LogP contribution is 2.29. The monoisotopic (exact) mass is 398 g/mol. The first-order chi connectivity index (χ1) is 12.1. The summed E-state index contributed by atoms with van der Waals surface area (Å²) in [6.45, 7) is 0.745. The number of anilines is 1. The summed E-state index contributed by atoms with van der Waals surface area (Å²) in [6.07, 6.45) is 0.962. The topological polar surface area (TPSA) is 57.7 Å². The molecule has 4 rings (SSSR count). The summed E-state index contributed by atoms with van der Waals surface area (Å²) < 4.78 is 0.749. The molecule has 0 aliphatic carbocycles. The van der Waals surface area contributed by atoms with E-state index in [2.05, 4.69) is 15.9 Å². The van der Waals surface area contributed by atoms with Gasteiger partial charge in [0.15, 0.2) is 0 Å². The molecule has 2 aromatic carbocycles. The molecule has 2 aliphatic rings. The first kappa shape index (κ1) is 16.0. The molecule has 6 heteroatoms. The van der Waals surface area contributed by atoms with Gasteiger partial charge in [0.2, 0.25) is 5.91 Å². The molecule has 0 unspecified atom stereocenters. The number of hydrogen-bond acceptors (Lipinski definition) is 3. The van der Waals surface area contributed by atoms with Gasteiger partial charge in [-0.2, -0.15) is 0 Å². The lowest BCUT2D eigenvalue weighted by Crippen LogP contribution is -2.36. The molecule has 0 atom stereocenters. The highest BCUT2D eigenvalue weighted by molar-refractivity contribution is 9.10. The molecule has 2 aromatic rings. The van der Waals surface area contributed by atoms with Crippen LogP contribution >= 0.6 is 15.9 Å². The minimum Gasteiger partial charge on any atom is -0.312 e. The number of fused-ring (bicyclic) bond motifs is 2. The van der Waals surface area contributed by atoms with Crippen LogP contribution in [0.3, 0.4) is 0 Å². The van der Waals surface area contributed by atoms with Crippen LogP contribution in [0.2, 0.25) is 0 Å². The van der Waals surface area contributed by atoms with Gasteiger partial charge >= 0.3 is 0 Å². The molecular formula is C19H15BrN2O3. The van der Waals surface area contributed by atoms with Gasteiger partial charge in [0.1, 0.15) is 0 Å². The molecule has 0 aromatic heterocycles. The first-order valence-corrected chi connectivity index (χ1v) is 8.89. The van der Waals surface area contributed by atoms with Gasteiger partial charge in [0.05, 0.1) is 11.1 Å². The van der Waals surface area contributed by atoms with Crippen LogP contribution in [-0.2, 0) is 11.2 Å². The van der Waals surface area contributed by atoms with Gasteiger partial charge in [-0.1, -0.05) is 34.1 Å². The van der Waals surface area contributed by atoms with Gasteiger partial charge in [-0.3, -0.25) is 19.3 Å². The molecule has 0 saturated heterocycles. The third-order valence-electron chi connectivity index (χ3n) is 4.67. The predicted octanol–water partition coefficient (Wildman–Crippen LogP) is 3.02. The third kappa shape index (κ3) is 2.66. The van der Waals surface area contributed by atoms with Crippen molar-refractivity contribution in [1.82, 2.24) is 4.90 Å². The van der Waals surface area contributed by atoms with Crippen molar-refractivity contribution in [3.05, 3.63) is 63.6 Å². The molecule has 126 valence electrons. The Labute approximate surface area is 153 Å². The second-order valence-corrected chi connectivity index (χ2v) is 7.04. The summed E-state index contributed by atoms with van der Waals surface area (Å²) >= 11 is 3.31. The lowest BCUT2D eigenvalue weighted by molar-refractivity contribution is -0.118. The maximum atomic E-state index is 12.6. The number of halogens is 1. The molecule has 3 amide bonds. The molecule has 0 fully saturated rings. The largest absolute Gasteiger partial charge is 0.312 e. The van der Waals surface area contributed by atoms with Crippen molar-refractivity contribution in [2.45, 2.75) is 12.8 Å². The van der Waals surface area contributed by atoms with Crippen LogP contribution < -0.4 is 4.90 Å². The molecule has 0 saturated carbocycles. The van der Waals surface area contributed by atoms with Crippen LogP contribution in [0.5, 0.6) is 0 Å². The molecule has 2 aliphatic heterocycles. The predicted molar refractivity (Wildman–Crippen MR) is 96.6 cm³/mol. The van der Waals surface area contributed by atoms with Crippen molar-refractivity contribution < 1.29 is 14.4 Å². The summed E-state index contributed by atoms with van der Waals surface area (Å²) in [5.41, 5.74) is 2.87. The fourth-order valence-electron chi connectivity index (χ4n) is 3.41. The Morgan fingerprint density at radius 2 is 1.80 bits per heavy atom. The number of para-hydroxylation sites is 1. The summed E-state index contributed by atoms with van der Waals surface area (Å²) in [4.78, 5) is 40.3. The van der Waals surface area contributed by atoms with Crippen LogP contribution in [0.25, 0.3) is 0 Å². The average molecular weight is 399 g/mol. The van der Waals surface area contributed by atoms with E-state index in [-0.39, 0.29) is 30.7 Å². The van der Waals surface area contributed by atoms with Gasteiger partial charge in [0.25, 0.3) is 11.8 Å².